The molecule has 2 fully saturated rings. The highest BCUT2D eigenvalue weighted by molar-refractivity contribution is 4.78. The van der Waals surface area contributed by atoms with Gasteiger partial charge in [-0.15, -0.1) is 0 Å². The van der Waals surface area contributed by atoms with Crippen LogP contribution in [0.25, 0.3) is 0 Å². The molecule has 0 bridgehead atoms. The van der Waals surface area contributed by atoms with E-state index in [0.29, 0.717) is 12.1 Å². The molecule has 2 aliphatic rings. The summed E-state index contributed by atoms with van der Waals surface area (Å²) in [4.78, 5) is 2.64. The first-order chi connectivity index (χ1) is 8.78. The van der Waals surface area contributed by atoms with Crippen molar-refractivity contribution in [3.8, 4) is 0 Å². The third kappa shape index (κ3) is 4.52. The number of nitrogens with zero attached hydrogens (tertiary/aromatic N) is 1. The molecule has 0 aromatic heterocycles. The third-order valence-corrected chi connectivity index (χ3v) is 4.43. The van der Waals surface area contributed by atoms with E-state index >= 15 is 0 Å². The summed E-state index contributed by atoms with van der Waals surface area (Å²) >= 11 is 0. The third-order valence-electron chi connectivity index (χ3n) is 4.43. The second-order valence-electron chi connectivity index (χ2n) is 6.18. The topological polar surface area (TPSA) is 38.5 Å². The summed E-state index contributed by atoms with van der Waals surface area (Å²) in [6.45, 7) is 6.89. The molecule has 0 spiro atoms. The van der Waals surface area contributed by atoms with Crippen LogP contribution in [-0.4, -0.2) is 43.3 Å². The first-order valence-electron chi connectivity index (χ1n) is 7.87. The summed E-state index contributed by atoms with van der Waals surface area (Å²) in [7, 11) is 0. The summed E-state index contributed by atoms with van der Waals surface area (Å²) in [6.07, 6.45) is 9.37. The van der Waals surface area contributed by atoms with Gasteiger partial charge in [0.05, 0.1) is 6.10 Å². The fourth-order valence-corrected chi connectivity index (χ4v) is 3.39. The van der Waals surface area contributed by atoms with E-state index in [-0.39, 0.29) is 0 Å². The molecule has 0 amide bonds. The van der Waals surface area contributed by atoms with Gasteiger partial charge in [0, 0.05) is 25.7 Å². The molecule has 1 aliphatic carbocycles. The van der Waals surface area contributed by atoms with Crippen LogP contribution in [0.1, 0.15) is 51.9 Å². The van der Waals surface area contributed by atoms with Crippen molar-refractivity contribution in [3.63, 3.8) is 0 Å². The molecule has 106 valence electrons. The van der Waals surface area contributed by atoms with Gasteiger partial charge in [0.2, 0.25) is 0 Å². The van der Waals surface area contributed by atoms with E-state index in [9.17, 15) is 0 Å². The van der Waals surface area contributed by atoms with E-state index in [4.69, 9.17) is 10.5 Å². The maximum absolute atomic E-state index is 5.98. The molecular formula is C15H30N2O. The van der Waals surface area contributed by atoms with Gasteiger partial charge in [-0.05, 0) is 57.4 Å². The fraction of sp³-hybridized carbons (Fsp3) is 1.00. The summed E-state index contributed by atoms with van der Waals surface area (Å²) in [5.41, 5.74) is 5.98. The average Bonchev–Trinajstić information content (AvgIpc) is 2.85. The van der Waals surface area contributed by atoms with E-state index in [2.05, 4.69) is 11.8 Å². The molecule has 0 unspecified atom stereocenters. The van der Waals surface area contributed by atoms with E-state index in [0.717, 1.165) is 19.1 Å². The van der Waals surface area contributed by atoms with Crippen molar-refractivity contribution in [2.45, 2.75) is 64.0 Å². The zero-order chi connectivity index (χ0) is 12.8. The smallest absolute Gasteiger partial charge is 0.0702 e. The van der Waals surface area contributed by atoms with Gasteiger partial charge in [-0.3, -0.25) is 0 Å². The highest BCUT2D eigenvalue weighted by Crippen LogP contribution is 2.24. The Bertz CT molecular complexity index is 221. The van der Waals surface area contributed by atoms with Crippen LogP contribution in [0, 0.1) is 5.92 Å². The standard InChI is InChI=1S/C15H30N2O/c1-2-9-17(12-15-4-3-10-18-15)11-13-5-7-14(16)8-6-13/h13-15H,2-12,16H2,1H3/t13?,14?,15-/m1/s1. The Hall–Kier alpha value is -0.120. The Labute approximate surface area is 112 Å². The summed E-state index contributed by atoms with van der Waals surface area (Å²) in [6, 6.07) is 0.471. The molecule has 3 heteroatoms. The summed E-state index contributed by atoms with van der Waals surface area (Å²) < 4.78 is 5.77. The van der Waals surface area contributed by atoms with Gasteiger partial charge >= 0.3 is 0 Å². The molecule has 1 heterocycles. The van der Waals surface area contributed by atoms with Crippen LogP contribution >= 0.6 is 0 Å². The predicted octanol–water partition coefficient (Wildman–Crippen LogP) is 2.39. The molecule has 1 atom stereocenters. The minimum Gasteiger partial charge on any atom is -0.377 e. The summed E-state index contributed by atoms with van der Waals surface area (Å²) in [5.74, 6) is 0.873. The molecule has 2 N–H and O–H groups in total. The predicted molar refractivity (Wildman–Crippen MR) is 75.6 cm³/mol. The van der Waals surface area contributed by atoms with Crippen LogP contribution in [0.3, 0.4) is 0 Å². The van der Waals surface area contributed by atoms with Gasteiger partial charge < -0.3 is 15.4 Å². The van der Waals surface area contributed by atoms with Crippen LogP contribution in [0.5, 0.6) is 0 Å². The SMILES string of the molecule is CCCN(CC1CCC(N)CC1)C[C@H]1CCCO1. The number of rotatable bonds is 6. The molecule has 2 rings (SSSR count). The van der Waals surface area contributed by atoms with Crippen LogP contribution < -0.4 is 5.73 Å². The fourth-order valence-electron chi connectivity index (χ4n) is 3.39. The zero-order valence-electron chi connectivity index (χ0n) is 11.9. The lowest BCUT2D eigenvalue weighted by molar-refractivity contribution is 0.0643. The lowest BCUT2D eigenvalue weighted by atomic mass is 9.86. The molecule has 0 aromatic rings. The van der Waals surface area contributed by atoms with E-state index in [1.54, 1.807) is 0 Å². The average molecular weight is 254 g/mol. The number of ether oxygens (including phenoxy) is 1. The minimum absolute atomic E-state index is 0.471. The van der Waals surface area contributed by atoms with Gasteiger partial charge in [-0.1, -0.05) is 6.92 Å². The Balaban J connectivity index is 1.74. The molecule has 0 aromatic carbocycles. The number of nitrogens with two attached hydrogens (primary N) is 1. The van der Waals surface area contributed by atoms with Crippen molar-refractivity contribution in [2.24, 2.45) is 11.7 Å². The molecule has 1 saturated carbocycles. The maximum Gasteiger partial charge on any atom is 0.0702 e. The van der Waals surface area contributed by atoms with Crippen LogP contribution in [-0.2, 0) is 4.74 Å². The van der Waals surface area contributed by atoms with Crippen LogP contribution in [0.4, 0.5) is 0 Å². The van der Waals surface area contributed by atoms with E-state index < -0.39 is 0 Å². The highest BCUT2D eigenvalue weighted by Gasteiger charge is 2.23. The normalized spacial score (nSPS) is 33.2. The van der Waals surface area contributed by atoms with Gasteiger partial charge in [0.25, 0.3) is 0 Å². The second-order valence-corrected chi connectivity index (χ2v) is 6.18. The number of hydrogen-bond donors (Lipinski definition) is 1. The second kappa shape index (κ2) is 7.46. The summed E-state index contributed by atoms with van der Waals surface area (Å²) in [5, 5.41) is 0. The minimum atomic E-state index is 0.471. The van der Waals surface area contributed by atoms with Gasteiger partial charge in [-0.25, -0.2) is 0 Å². The highest BCUT2D eigenvalue weighted by atomic mass is 16.5. The maximum atomic E-state index is 5.98. The van der Waals surface area contributed by atoms with E-state index in [1.807, 2.05) is 0 Å². The Morgan fingerprint density at radius 2 is 1.89 bits per heavy atom. The molecule has 0 radical (unpaired) electrons. The Morgan fingerprint density at radius 1 is 1.11 bits per heavy atom. The van der Waals surface area contributed by atoms with Gasteiger partial charge in [0.15, 0.2) is 0 Å². The van der Waals surface area contributed by atoms with Crippen molar-refractivity contribution >= 4 is 0 Å². The Morgan fingerprint density at radius 3 is 2.50 bits per heavy atom. The largest absolute Gasteiger partial charge is 0.377 e. The lowest BCUT2D eigenvalue weighted by Crippen LogP contribution is -2.38. The van der Waals surface area contributed by atoms with Crippen molar-refractivity contribution in [1.29, 1.82) is 0 Å². The lowest BCUT2D eigenvalue weighted by Gasteiger charge is -2.32. The first-order valence-corrected chi connectivity index (χ1v) is 7.87. The molecule has 1 saturated heterocycles. The Kier molecular flexibility index (Phi) is 5.93. The zero-order valence-corrected chi connectivity index (χ0v) is 11.9. The number of hydrogen-bond acceptors (Lipinski definition) is 3. The molecule has 18 heavy (non-hydrogen) atoms. The molecular weight excluding hydrogens is 224 g/mol. The van der Waals surface area contributed by atoms with Gasteiger partial charge in [-0.2, -0.15) is 0 Å². The van der Waals surface area contributed by atoms with E-state index in [1.165, 1.54) is 58.0 Å². The quantitative estimate of drug-likeness (QED) is 0.791. The van der Waals surface area contributed by atoms with Crippen molar-refractivity contribution < 1.29 is 4.74 Å². The van der Waals surface area contributed by atoms with Crippen LogP contribution in [0.2, 0.25) is 0 Å². The molecule has 1 aliphatic heterocycles. The van der Waals surface area contributed by atoms with Crippen molar-refractivity contribution in [2.75, 3.05) is 26.2 Å². The van der Waals surface area contributed by atoms with Crippen molar-refractivity contribution in [1.82, 2.24) is 4.90 Å². The first kappa shape index (κ1) is 14.3. The molecule has 3 nitrogen and oxygen atoms in total. The van der Waals surface area contributed by atoms with Crippen LogP contribution in [0.15, 0.2) is 0 Å². The monoisotopic (exact) mass is 254 g/mol. The van der Waals surface area contributed by atoms with Crippen molar-refractivity contribution in [3.05, 3.63) is 0 Å². The van der Waals surface area contributed by atoms with Gasteiger partial charge in [0.1, 0.15) is 0 Å².